The minimum atomic E-state index is -0.518. The SMILES string of the molecule is CC(O)c1cccnc1-n1cnc2c1CCCC2. The molecule has 2 aromatic heterocycles. The lowest BCUT2D eigenvalue weighted by Crippen LogP contribution is -2.10. The van der Waals surface area contributed by atoms with E-state index in [1.807, 2.05) is 23.0 Å². The van der Waals surface area contributed by atoms with E-state index in [9.17, 15) is 5.11 Å². The number of rotatable bonds is 2. The quantitative estimate of drug-likeness (QED) is 0.879. The highest BCUT2D eigenvalue weighted by Crippen LogP contribution is 2.25. The summed E-state index contributed by atoms with van der Waals surface area (Å²) < 4.78 is 2.04. The molecule has 0 bridgehead atoms. The van der Waals surface area contributed by atoms with Crippen molar-refractivity contribution in [2.75, 3.05) is 0 Å². The van der Waals surface area contributed by atoms with Crippen LogP contribution in [-0.4, -0.2) is 19.6 Å². The van der Waals surface area contributed by atoms with Crippen LogP contribution in [0.1, 0.15) is 42.8 Å². The molecule has 1 aliphatic carbocycles. The van der Waals surface area contributed by atoms with E-state index in [0.29, 0.717) is 0 Å². The fourth-order valence-corrected chi connectivity index (χ4v) is 2.59. The lowest BCUT2D eigenvalue weighted by Gasteiger charge is -2.16. The van der Waals surface area contributed by atoms with Crippen LogP contribution in [0, 0.1) is 0 Å². The predicted molar refractivity (Wildman–Crippen MR) is 68.6 cm³/mol. The lowest BCUT2D eigenvalue weighted by atomic mass is 10.0. The van der Waals surface area contributed by atoms with Gasteiger partial charge in [-0.15, -0.1) is 0 Å². The topological polar surface area (TPSA) is 50.9 Å². The Balaban J connectivity index is 2.13. The zero-order valence-corrected chi connectivity index (χ0v) is 10.5. The van der Waals surface area contributed by atoms with Crippen molar-refractivity contribution in [3.05, 3.63) is 41.6 Å². The number of imidazole rings is 1. The first-order valence-electron chi connectivity index (χ1n) is 6.46. The second kappa shape index (κ2) is 4.53. The van der Waals surface area contributed by atoms with Gasteiger partial charge in [0.2, 0.25) is 0 Å². The smallest absolute Gasteiger partial charge is 0.143 e. The lowest BCUT2D eigenvalue weighted by molar-refractivity contribution is 0.198. The van der Waals surface area contributed by atoms with E-state index in [1.54, 1.807) is 13.1 Å². The summed E-state index contributed by atoms with van der Waals surface area (Å²) >= 11 is 0. The highest BCUT2D eigenvalue weighted by Gasteiger charge is 2.19. The zero-order valence-electron chi connectivity index (χ0n) is 10.5. The predicted octanol–water partition coefficient (Wildman–Crippen LogP) is 2.20. The molecule has 2 aromatic rings. The molecule has 0 fully saturated rings. The van der Waals surface area contributed by atoms with Gasteiger partial charge in [-0.2, -0.15) is 0 Å². The third-order valence-electron chi connectivity index (χ3n) is 3.53. The number of aromatic nitrogens is 3. The molecular weight excluding hydrogens is 226 g/mol. The van der Waals surface area contributed by atoms with Gasteiger partial charge in [0.05, 0.1) is 11.8 Å². The van der Waals surface area contributed by atoms with Gasteiger partial charge in [-0.1, -0.05) is 6.07 Å². The third kappa shape index (κ3) is 1.82. The van der Waals surface area contributed by atoms with Gasteiger partial charge >= 0.3 is 0 Å². The molecule has 4 nitrogen and oxygen atoms in total. The summed E-state index contributed by atoms with van der Waals surface area (Å²) in [6, 6.07) is 3.77. The van der Waals surface area contributed by atoms with Gasteiger partial charge in [0.15, 0.2) is 0 Å². The highest BCUT2D eigenvalue weighted by molar-refractivity contribution is 5.38. The second-order valence-electron chi connectivity index (χ2n) is 4.81. The summed E-state index contributed by atoms with van der Waals surface area (Å²) in [5.41, 5.74) is 3.29. The van der Waals surface area contributed by atoms with Gasteiger partial charge < -0.3 is 5.11 Å². The largest absolute Gasteiger partial charge is 0.389 e. The summed E-state index contributed by atoms with van der Waals surface area (Å²) in [5, 5.41) is 9.83. The first-order chi connectivity index (χ1) is 8.77. The molecule has 3 rings (SSSR count). The molecule has 2 heterocycles. The Labute approximate surface area is 106 Å². The molecule has 4 heteroatoms. The van der Waals surface area contributed by atoms with Gasteiger partial charge in [-0.05, 0) is 38.7 Å². The molecular formula is C14H17N3O. The fraction of sp³-hybridized carbons (Fsp3) is 0.429. The number of aryl methyl sites for hydroxylation is 1. The van der Waals surface area contributed by atoms with Crippen molar-refractivity contribution in [1.82, 2.24) is 14.5 Å². The maximum Gasteiger partial charge on any atom is 0.143 e. The Morgan fingerprint density at radius 2 is 2.11 bits per heavy atom. The van der Waals surface area contributed by atoms with E-state index < -0.39 is 6.10 Å². The maximum absolute atomic E-state index is 9.83. The molecule has 0 aromatic carbocycles. The molecule has 0 saturated heterocycles. The van der Waals surface area contributed by atoms with Crippen LogP contribution in [0.5, 0.6) is 0 Å². The molecule has 1 unspecified atom stereocenters. The van der Waals surface area contributed by atoms with Crippen LogP contribution in [0.2, 0.25) is 0 Å². The number of hydrogen-bond acceptors (Lipinski definition) is 3. The minimum Gasteiger partial charge on any atom is -0.389 e. The van der Waals surface area contributed by atoms with Gasteiger partial charge in [-0.25, -0.2) is 9.97 Å². The van der Waals surface area contributed by atoms with Crippen LogP contribution < -0.4 is 0 Å². The number of hydrogen-bond donors (Lipinski definition) is 1. The first-order valence-corrected chi connectivity index (χ1v) is 6.46. The van der Waals surface area contributed by atoms with Crippen LogP contribution in [0.4, 0.5) is 0 Å². The molecule has 0 aliphatic heterocycles. The maximum atomic E-state index is 9.83. The Morgan fingerprint density at radius 3 is 2.94 bits per heavy atom. The number of pyridine rings is 1. The number of fused-ring (bicyclic) bond motifs is 1. The summed E-state index contributed by atoms with van der Waals surface area (Å²) in [6.07, 6.45) is 7.60. The van der Waals surface area contributed by atoms with Gasteiger partial charge in [0.1, 0.15) is 12.1 Å². The summed E-state index contributed by atoms with van der Waals surface area (Å²) in [6.45, 7) is 1.77. The zero-order chi connectivity index (χ0) is 12.5. The van der Waals surface area contributed by atoms with Crippen LogP contribution in [0.3, 0.4) is 0 Å². The van der Waals surface area contributed by atoms with E-state index in [0.717, 1.165) is 24.2 Å². The average molecular weight is 243 g/mol. The number of aliphatic hydroxyl groups excluding tert-OH is 1. The molecule has 18 heavy (non-hydrogen) atoms. The molecule has 0 spiro atoms. The fourth-order valence-electron chi connectivity index (χ4n) is 2.59. The van der Waals surface area contributed by atoms with Crippen molar-refractivity contribution < 1.29 is 5.11 Å². The van der Waals surface area contributed by atoms with Crippen molar-refractivity contribution in [2.24, 2.45) is 0 Å². The van der Waals surface area contributed by atoms with Crippen molar-refractivity contribution in [3.8, 4) is 5.82 Å². The van der Waals surface area contributed by atoms with E-state index in [2.05, 4.69) is 9.97 Å². The summed E-state index contributed by atoms with van der Waals surface area (Å²) in [5.74, 6) is 0.808. The van der Waals surface area contributed by atoms with E-state index in [-0.39, 0.29) is 0 Å². The van der Waals surface area contributed by atoms with Crippen LogP contribution in [-0.2, 0) is 12.8 Å². The monoisotopic (exact) mass is 243 g/mol. The van der Waals surface area contributed by atoms with Gasteiger partial charge in [-0.3, -0.25) is 4.57 Å². The van der Waals surface area contributed by atoms with E-state index in [4.69, 9.17) is 0 Å². The number of nitrogens with zero attached hydrogens (tertiary/aromatic N) is 3. The Kier molecular flexibility index (Phi) is 2.88. The van der Waals surface area contributed by atoms with E-state index in [1.165, 1.54) is 24.2 Å². The molecule has 0 radical (unpaired) electrons. The molecule has 1 N–H and O–H groups in total. The molecule has 0 amide bonds. The van der Waals surface area contributed by atoms with Gasteiger partial charge in [0.25, 0.3) is 0 Å². The van der Waals surface area contributed by atoms with Crippen molar-refractivity contribution in [2.45, 2.75) is 38.7 Å². The summed E-state index contributed by atoms with van der Waals surface area (Å²) in [4.78, 5) is 8.89. The Bertz CT molecular complexity index is 560. The van der Waals surface area contributed by atoms with E-state index >= 15 is 0 Å². The van der Waals surface area contributed by atoms with Crippen LogP contribution in [0.15, 0.2) is 24.7 Å². The molecule has 0 saturated carbocycles. The highest BCUT2D eigenvalue weighted by atomic mass is 16.3. The van der Waals surface area contributed by atoms with Crippen molar-refractivity contribution >= 4 is 0 Å². The third-order valence-corrected chi connectivity index (χ3v) is 3.53. The van der Waals surface area contributed by atoms with Crippen molar-refractivity contribution in [1.29, 1.82) is 0 Å². The standard InChI is InChI=1S/C14H17N3O/c1-10(18)11-5-4-8-15-14(11)17-9-16-12-6-2-3-7-13(12)17/h4-5,8-10,18H,2-3,6-7H2,1H3. The molecule has 94 valence electrons. The summed E-state index contributed by atoms with van der Waals surface area (Å²) in [7, 11) is 0. The average Bonchev–Trinajstić information content (AvgIpc) is 2.82. The molecule has 1 aliphatic rings. The minimum absolute atomic E-state index is 0.518. The van der Waals surface area contributed by atoms with Gasteiger partial charge in [0, 0.05) is 17.5 Å². The second-order valence-corrected chi connectivity index (χ2v) is 4.81. The normalized spacial score (nSPS) is 16.3. The van der Waals surface area contributed by atoms with Crippen LogP contribution >= 0.6 is 0 Å². The molecule has 1 atom stereocenters. The number of aliphatic hydroxyl groups is 1. The van der Waals surface area contributed by atoms with Crippen molar-refractivity contribution in [3.63, 3.8) is 0 Å². The Morgan fingerprint density at radius 1 is 1.28 bits per heavy atom. The Hall–Kier alpha value is -1.68. The first kappa shape index (κ1) is 11.4. The van der Waals surface area contributed by atoms with Crippen LogP contribution in [0.25, 0.3) is 5.82 Å².